The van der Waals surface area contributed by atoms with Gasteiger partial charge in [-0.25, -0.2) is 0 Å². The van der Waals surface area contributed by atoms with E-state index in [0.29, 0.717) is 11.9 Å². The Kier molecular flexibility index (Phi) is 5.19. The largest absolute Gasteiger partial charge is 0.508 e. The molecule has 0 aliphatic carbocycles. The molecule has 1 N–H and O–H groups in total. The Morgan fingerprint density at radius 1 is 1.04 bits per heavy atom. The van der Waals surface area contributed by atoms with Crippen molar-refractivity contribution < 1.29 is 14.6 Å². The summed E-state index contributed by atoms with van der Waals surface area (Å²) in [7, 11) is 1.69. The van der Waals surface area contributed by atoms with E-state index in [9.17, 15) is 5.11 Å². The Bertz CT molecular complexity index is 604. The molecular weight excluding hydrogens is 288 g/mol. The lowest BCUT2D eigenvalue weighted by atomic mass is 9.95. The first-order valence-corrected chi connectivity index (χ1v) is 8.32. The van der Waals surface area contributed by atoms with Crippen molar-refractivity contribution in [1.29, 1.82) is 0 Å². The van der Waals surface area contributed by atoms with Gasteiger partial charge in [0.2, 0.25) is 0 Å². The van der Waals surface area contributed by atoms with Gasteiger partial charge in [0.15, 0.2) is 0 Å². The Hall–Kier alpha value is -2.00. The molecule has 0 spiro atoms. The minimum Gasteiger partial charge on any atom is -0.508 e. The average Bonchev–Trinajstić information content (AvgIpc) is 2.61. The number of aromatic hydroxyl groups is 1. The van der Waals surface area contributed by atoms with Crippen LogP contribution in [-0.4, -0.2) is 18.3 Å². The number of hydrogen-bond acceptors (Lipinski definition) is 3. The van der Waals surface area contributed by atoms with Gasteiger partial charge in [0, 0.05) is 0 Å². The van der Waals surface area contributed by atoms with E-state index in [-0.39, 0.29) is 6.10 Å². The molecule has 2 aromatic rings. The summed E-state index contributed by atoms with van der Waals surface area (Å²) in [5, 5.41) is 9.40. The molecule has 0 radical (unpaired) electrons. The van der Waals surface area contributed by atoms with Crippen molar-refractivity contribution in [3.05, 3.63) is 59.7 Å². The summed E-state index contributed by atoms with van der Waals surface area (Å²) in [6, 6.07) is 15.7. The SMILES string of the molecule is COc1ccc(CC[C@H]2CCC[C@H](c3ccc(O)cc3)O2)cc1. The van der Waals surface area contributed by atoms with Gasteiger partial charge in [-0.1, -0.05) is 24.3 Å². The molecule has 1 aliphatic rings. The normalized spacial score (nSPS) is 21.1. The Morgan fingerprint density at radius 2 is 1.78 bits per heavy atom. The van der Waals surface area contributed by atoms with Gasteiger partial charge < -0.3 is 14.6 Å². The van der Waals surface area contributed by atoms with E-state index in [4.69, 9.17) is 9.47 Å². The highest BCUT2D eigenvalue weighted by Crippen LogP contribution is 2.33. The number of phenolic OH excluding ortho intramolecular Hbond substituents is 1. The number of ether oxygens (including phenoxy) is 2. The summed E-state index contributed by atoms with van der Waals surface area (Å²) in [6.45, 7) is 0. The monoisotopic (exact) mass is 312 g/mol. The maximum Gasteiger partial charge on any atom is 0.118 e. The van der Waals surface area contributed by atoms with Gasteiger partial charge in [0.25, 0.3) is 0 Å². The minimum atomic E-state index is 0.158. The molecular formula is C20H24O3. The second-order valence-electron chi connectivity index (χ2n) is 6.16. The van der Waals surface area contributed by atoms with Crippen LogP contribution < -0.4 is 4.74 Å². The molecule has 0 aromatic heterocycles. The van der Waals surface area contributed by atoms with Gasteiger partial charge in [-0.3, -0.25) is 0 Å². The highest BCUT2D eigenvalue weighted by atomic mass is 16.5. The number of phenols is 1. The lowest BCUT2D eigenvalue weighted by Crippen LogP contribution is -2.23. The fraction of sp³-hybridized carbons (Fsp3) is 0.400. The molecule has 3 heteroatoms. The molecule has 0 saturated carbocycles. The van der Waals surface area contributed by atoms with Crippen molar-refractivity contribution in [3.8, 4) is 11.5 Å². The molecule has 1 heterocycles. The van der Waals surface area contributed by atoms with E-state index >= 15 is 0 Å². The van der Waals surface area contributed by atoms with Crippen LogP contribution in [0.5, 0.6) is 11.5 Å². The van der Waals surface area contributed by atoms with Crippen molar-refractivity contribution in [2.75, 3.05) is 7.11 Å². The molecule has 0 bridgehead atoms. The van der Waals surface area contributed by atoms with Crippen LogP contribution in [0.15, 0.2) is 48.5 Å². The van der Waals surface area contributed by atoms with E-state index < -0.39 is 0 Å². The van der Waals surface area contributed by atoms with E-state index in [1.165, 1.54) is 12.0 Å². The summed E-state index contributed by atoms with van der Waals surface area (Å²) in [4.78, 5) is 0. The fourth-order valence-corrected chi connectivity index (χ4v) is 3.17. The Balaban J connectivity index is 1.54. The predicted octanol–water partition coefficient (Wildman–Crippen LogP) is 4.64. The molecule has 122 valence electrons. The molecule has 3 rings (SSSR count). The summed E-state index contributed by atoms with van der Waals surface area (Å²) in [6.07, 6.45) is 5.92. The van der Waals surface area contributed by atoms with Gasteiger partial charge in [-0.2, -0.15) is 0 Å². The van der Waals surface area contributed by atoms with E-state index in [1.807, 2.05) is 24.3 Å². The first-order chi connectivity index (χ1) is 11.2. The zero-order valence-electron chi connectivity index (χ0n) is 13.6. The van der Waals surface area contributed by atoms with Crippen molar-refractivity contribution in [2.24, 2.45) is 0 Å². The molecule has 2 aromatic carbocycles. The fourth-order valence-electron chi connectivity index (χ4n) is 3.17. The maximum atomic E-state index is 9.40. The second kappa shape index (κ2) is 7.51. The lowest BCUT2D eigenvalue weighted by Gasteiger charge is -2.30. The van der Waals surface area contributed by atoms with Gasteiger partial charge in [0.1, 0.15) is 11.5 Å². The topological polar surface area (TPSA) is 38.7 Å². The smallest absolute Gasteiger partial charge is 0.118 e. The van der Waals surface area contributed by atoms with Crippen LogP contribution >= 0.6 is 0 Å². The average molecular weight is 312 g/mol. The number of hydrogen-bond donors (Lipinski definition) is 1. The third-order valence-electron chi connectivity index (χ3n) is 4.53. The molecule has 3 nitrogen and oxygen atoms in total. The van der Waals surface area contributed by atoms with Crippen molar-refractivity contribution >= 4 is 0 Å². The third-order valence-corrected chi connectivity index (χ3v) is 4.53. The van der Waals surface area contributed by atoms with Crippen LogP contribution in [0.1, 0.15) is 42.9 Å². The number of rotatable bonds is 5. The van der Waals surface area contributed by atoms with Crippen LogP contribution in [0.2, 0.25) is 0 Å². The van der Waals surface area contributed by atoms with E-state index in [0.717, 1.165) is 37.0 Å². The quantitative estimate of drug-likeness (QED) is 0.874. The standard InChI is InChI=1S/C20H24O3/c1-22-18-12-5-15(6-13-18)7-14-19-3-2-4-20(23-19)16-8-10-17(21)11-9-16/h5-6,8-13,19-21H,2-4,7,14H2,1H3/t19-,20-/m1/s1. The van der Waals surface area contributed by atoms with Crippen molar-refractivity contribution in [2.45, 2.75) is 44.3 Å². The molecule has 1 aliphatic heterocycles. The van der Waals surface area contributed by atoms with Crippen LogP contribution in [0.25, 0.3) is 0 Å². The van der Waals surface area contributed by atoms with E-state index in [2.05, 4.69) is 12.1 Å². The zero-order chi connectivity index (χ0) is 16.1. The Labute approximate surface area is 137 Å². The van der Waals surface area contributed by atoms with Crippen LogP contribution in [0, 0.1) is 0 Å². The van der Waals surface area contributed by atoms with Crippen molar-refractivity contribution in [3.63, 3.8) is 0 Å². The molecule has 2 atom stereocenters. The van der Waals surface area contributed by atoms with Crippen LogP contribution in [0.3, 0.4) is 0 Å². The summed E-state index contributed by atoms with van der Waals surface area (Å²) in [5.74, 6) is 1.20. The highest BCUT2D eigenvalue weighted by Gasteiger charge is 2.23. The number of benzene rings is 2. The molecule has 23 heavy (non-hydrogen) atoms. The van der Waals surface area contributed by atoms with Gasteiger partial charge >= 0.3 is 0 Å². The first kappa shape index (κ1) is 15.9. The van der Waals surface area contributed by atoms with Crippen LogP contribution in [-0.2, 0) is 11.2 Å². The predicted molar refractivity (Wildman–Crippen MR) is 90.9 cm³/mol. The summed E-state index contributed by atoms with van der Waals surface area (Å²) >= 11 is 0. The Morgan fingerprint density at radius 3 is 2.48 bits per heavy atom. The van der Waals surface area contributed by atoms with Gasteiger partial charge in [0.05, 0.1) is 19.3 Å². The summed E-state index contributed by atoms with van der Waals surface area (Å²) < 4.78 is 11.5. The zero-order valence-corrected chi connectivity index (χ0v) is 13.6. The molecule has 0 amide bonds. The lowest BCUT2D eigenvalue weighted by molar-refractivity contribution is -0.0546. The van der Waals surface area contributed by atoms with Gasteiger partial charge in [-0.15, -0.1) is 0 Å². The molecule has 1 saturated heterocycles. The number of methoxy groups -OCH3 is 1. The van der Waals surface area contributed by atoms with Gasteiger partial charge in [-0.05, 0) is 67.5 Å². The first-order valence-electron chi connectivity index (χ1n) is 8.32. The summed E-state index contributed by atoms with van der Waals surface area (Å²) in [5.41, 5.74) is 2.48. The minimum absolute atomic E-state index is 0.158. The highest BCUT2D eigenvalue weighted by molar-refractivity contribution is 5.28. The molecule has 1 fully saturated rings. The molecule has 0 unspecified atom stereocenters. The van der Waals surface area contributed by atoms with E-state index in [1.54, 1.807) is 19.2 Å². The van der Waals surface area contributed by atoms with Crippen LogP contribution in [0.4, 0.5) is 0 Å². The van der Waals surface area contributed by atoms with Crippen molar-refractivity contribution in [1.82, 2.24) is 0 Å². The third kappa shape index (κ3) is 4.26. The maximum absolute atomic E-state index is 9.40. The number of aryl methyl sites for hydroxylation is 1. The second-order valence-corrected chi connectivity index (χ2v) is 6.16.